The van der Waals surface area contributed by atoms with Gasteiger partial charge in [0.2, 0.25) is 5.91 Å². The molecule has 482 valence electrons. The zero-order chi connectivity index (χ0) is 60.0. The number of likely N-dealkylation sites (N-methyl/N-ethyl adjacent to an activating group) is 1. The highest BCUT2D eigenvalue weighted by Gasteiger charge is 2.30. The number of nitrogens with one attached hydrogen (secondary N) is 1. The predicted octanol–water partition coefficient (Wildman–Crippen LogP) is 22.4. The van der Waals surface area contributed by atoms with Crippen molar-refractivity contribution in [1.82, 2.24) is 5.32 Å². The molecule has 0 radical (unpaired) electrons. The van der Waals surface area contributed by atoms with Crippen molar-refractivity contribution >= 4 is 19.7 Å². The molecule has 2 N–H and O–H groups in total. The van der Waals surface area contributed by atoms with Crippen molar-refractivity contribution in [2.75, 3.05) is 40.9 Å². The second kappa shape index (κ2) is 62.0. The topological polar surface area (TPSA) is 111 Å². The lowest BCUT2D eigenvalue weighted by Gasteiger charge is -2.27. The number of carbonyl (C=O) groups excluding carboxylic acids is 2. The molecule has 0 rings (SSSR count). The van der Waals surface area contributed by atoms with E-state index in [-0.39, 0.29) is 25.1 Å². The maximum Gasteiger partial charge on any atom is 0.472 e. The molecule has 0 aliphatic heterocycles. The van der Waals surface area contributed by atoms with Crippen molar-refractivity contribution in [3.8, 4) is 0 Å². The first-order valence-electron chi connectivity index (χ1n) is 35.5. The second-order valence-corrected chi connectivity index (χ2v) is 26.9. The minimum Gasteiger partial charge on any atom is -0.456 e. The number of phosphoric ester groups is 1. The molecule has 0 aliphatic carbocycles. The van der Waals surface area contributed by atoms with Crippen LogP contribution in [0.5, 0.6) is 0 Å². The third-order valence-electron chi connectivity index (χ3n) is 16.0. The van der Waals surface area contributed by atoms with Gasteiger partial charge in [-0.25, -0.2) is 4.57 Å². The summed E-state index contributed by atoms with van der Waals surface area (Å²) in [5, 5.41) is 3.07. The Kier molecular flexibility index (Phi) is 60.5. The van der Waals surface area contributed by atoms with Crippen molar-refractivity contribution in [2.24, 2.45) is 0 Å². The number of hydrogen-bond acceptors (Lipinski definition) is 6. The minimum atomic E-state index is -4.45. The molecule has 3 unspecified atom stereocenters. The van der Waals surface area contributed by atoms with Gasteiger partial charge < -0.3 is 19.4 Å². The van der Waals surface area contributed by atoms with Crippen LogP contribution in [0.4, 0.5) is 0 Å². The molecule has 0 saturated carbocycles. The molecule has 0 aromatic carbocycles. The van der Waals surface area contributed by atoms with E-state index in [1.807, 2.05) is 33.3 Å². The van der Waals surface area contributed by atoms with E-state index in [1.165, 1.54) is 231 Å². The van der Waals surface area contributed by atoms with Crippen molar-refractivity contribution < 1.29 is 37.3 Å². The molecular formula is C72H138N2O7P+. The van der Waals surface area contributed by atoms with E-state index >= 15 is 0 Å². The summed E-state index contributed by atoms with van der Waals surface area (Å²) in [5.74, 6) is -0.499. The van der Waals surface area contributed by atoms with E-state index in [2.05, 4.69) is 62.5 Å². The number of unbranched alkanes of at least 4 members (excludes halogenated alkanes) is 43. The van der Waals surface area contributed by atoms with Gasteiger partial charge in [-0.2, -0.15) is 0 Å². The van der Waals surface area contributed by atoms with E-state index in [0.717, 1.165) is 83.5 Å². The number of amides is 1. The van der Waals surface area contributed by atoms with Gasteiger partial charge >= 0.3 is 13.8 Å². The summed E-state index contributed by atoms with van der Waals surface area (Å²) >= 11 is 0. The van der Waals surface area contributed by atoms with Gasteiger partial charge in [-0.15, -0.1) is 0 Å². The third kappa shape index (κ3) is 62.5. The molecule has 0 saturated heterocycles. The van der Waals surface area contributed by atoms with Crippen molar-refractivity contribution in [3.63, 3.8) is 0 Å². The van der Waals surface area contributed by atoms with Crippen LogP contribution in [0.15, 0.2) is 48.6 Å². The zero-order valence-electron chi connectivity index (χ0n) is 55.2. The monoisotopic (exact) mass is 1170 g/mol. The number of carbonyl (C=O) groups is 2. The lowest BCUT2D eigenvalue weighted by molar-refractivity contribution is -0.870. The van der Waals surface area contributed by atoms with Crippen LogP contribution in [-0.4, -0.2) is 74.3 Å². The van der Waals surface area contributed by atoms with E-state index in [9.17, 15) is 19.0 Å². The van der Waals surface area contributed by atoms with Gasteiger partial charge in [-0.3, -0.25) is 18.6 Å². The Balaban J connectivity index is 5.03. The number of phosphoric acid groups is 1. The summed E-state index contributed by atoms with van der Waals surface area (Å²) in [6.07, 6.45) is 78.4. The van der Waals surface area contributed by atoms with Gasteiger partial charge in [0, 0.05) is 12.8 Å². The fourth-order valence-electron chi connectivity index (χ4n) is 10.5. The Hall–Kier alpha value is -2.03. The van der Waals surface area contributed by atoms with Gasteiger partial charge in [0.15, 0.2) is 0 Å². The number of quaternary nitrogens is 1. The van der Waals surface area contributed by atoms with E-state index in [0.29, 0.717) is 23.9 Å². The van der Waals surface area contributed by atoms with Crippen LogP contribution >= 0.6 is 7.82 Å². The molecule has 0 spiro atoms. The number of allylic oxidation sites excluding steroid dienone is 7. The average molecular weight is 1170 g/mol. The molecule has 0 aromatic rings. The zero-order valence-corrected chi connectivity index (χ0v) is 56.1. The maximum absolute atomic E-state index is 13.6. The Morgan fingerprint density at radius 2 is 0.744 bits per heavy atom. The number of rotatable bonds is 65. The number of ether oxygens (including phenoxy) is 1. The lowest BCUT2D eigenvalue weighted by atomic mass is 10.0. The molecule has 82 heavy (non-hydrogen) atoms. The van der Waals surface area contributed by atoms with Gasteiger partial charge in [-0.1, -0.05) is 294 Å². The minimum absolute atomic E-state index is 0.0403. The molecule has 0 fully saturated rings. The Bertz CT molecular complexity index is 1540. The SMILES string of the molecule is CCCCC/C=C\C/C=C\CCCCCCCCCCCCCCCCCCCC(=O)OC(/C=C\CCCCCCCCCCCCC)C(COP(=O)(O)OCC[N+](C)(C)C)NC(=O)CCCCCCC/C=C/CCCCCCCCC. The van der Waals surface area contributed by atoms with Gasteiger partial charge in [0.05, 0.1) is 33.8 Å². The summed E-state index contributed by atoms with van der Waals surface area (Å²) in [7, 11) is 1.50. The number of hydrogen-bond donors (Lipinski definition) is 2. The van der Waals surface area contributed by atoms with Crippen LogP contribution in [0.3, 0.4) is 0 Å². The van der Waals surface area contributed by atoms with E-state index < -0.39 is 20.0 Å². The lowest BCUT2D eigenvalue weighted by Crippen LogP contribution is -2.47. The molecule has 10 heteroatoms. The van der Waals surface area contributed by atoms with Crippen molar-refractivity contribution in [3.05, 3.63) is 48.6 Å². The number of esters is 1. The van der Waals surface area contributed by atoms with E-state index in [1.54, 1.807) is 0 Å². The van der Waals surface area contributed by atoms with Gasteiger partial charge in [-0.05, 0) is 89.5 Å². The largest absolute Gasteiger partial charge is 0.472 e. The van der Waals surface area contributed by atoms with Crippen LogP contribution in [0.2, 0.25) is 0 Å². The first kappa shape index (κ1) is 80.0. The standard InChI is InChI=1S/C72H137N2O7P/c1-7-10-13-16-19-22-25-28-30-32-33-34-35-36-37-38-39-40-41-42-44-47-50-53-56-59-62-65-72(76)81-70(63-60-57-54-51-48-45-27-24-21-18-15-12-9-3)69(68-80-82(77,78)79-67-66-74(4,5)6)73-71(75)64-61-58-55-52-49-46-43-31-29-26-23-20-17-14-11-8-2/h19,22,28,30-31,43,60,63,69-70H,7-18,20-21,23-27,29,32-42,44-59,61-62,64-68H2,1-6H3,(H-,73,75,77,78)/p+1/b22-19-,30-28-,43-31+,63-60-. The van der Waals surface area contributed by atoms with Crippen LogP contribution in [0, 0.1) is 0 Å². The van der Waals surface area contributed by atoms with Gasteiger partial charge in [0.1, 0.15) is 19.3 Å². The molecule has 1 amide bonds. The van der Waals surface area contributed by atoms with Gasteiger partial charge in [0.25, 0.3) is 0 Å². The van der Waals surface area contributed by atoms with Crippen LogP contribution in [-0.2, 0) is 27.9 Å². The molecule has 3 atom stereocenters. The summed E-state index contributed by atoms with van der Waals surface area (Å²) in [6, 6.07) is -0.851. The second-order valence-electron chi connectivity index (χ2n) is 25.4. The Labute approximate surface area is 509 Å². The highest BCUT2D eigenvalue weighted by Crippen LogP contribution is 2.43. The molecule has 9 nitrogen and oxygen atoms in total. The summed E-state index contributed by atoms with van der Waals surface area (Å²) in [4.78, 5) is 37.9. The average Bonchev–Trinajstić information content (AvgIpc) is 3.45. The fraction of sp³-hybridized carbons (Fsp3) is 0.861. The third-order valence-corrected chi connectivity index (χ3v) is 17.0. The molecule has 0 aliphatic rings. The highest BCUT2D eigenvalue weighted by molar-refractivity contribution is 7.47. The first-order valence-corrected chi connectivity index (χ1v) is 37.0. The molecular weight excluding hydrogens is 1040 g/mol. The Morgan fingerprint density at radius 3 is 1.13 bits per heavy atom. The summed E-state index contributed by atoms with van der Waals surface area (Å²) in [5.41, 5.74) is 0. The first-order chi connectivity index (χ1) is 39.9. The Morgan fingerprint density at radius 1 is 0.427 bits per heavy atom. The summed E-state index contributed by atoms with van der Waals surface area (Å²) < 4.78 is 30.8. The fourth-order valence-corrected chi connectivity index (χ4v) is 11.2. The van der Waals surface area contributed by atoms with Crippen LogP contribution < -0.4 is 5.32 Å². The van der Waals surface area contributed by atoms with Crippen LogP contribution in [0.1, 0.15) is 348 Å². The quantitative estimate of drug-likeness (QED) is 0.0205. The highest BCUT2D eigenvalue weighted by atomic mass is 31.2. The van der Waals surface area contributed by atoms with Crippen molar-refractivity contribution in [1.29, 1.82) is 0 Å². The van der Waals surface area contributed by atoms with E-state index in [4.69, 9.17) is 13.8 Å². The molecule has 0 bridgehead atoms. The smallest absolute Gasteiger partial charge is 0.456 e. The normalized spacial score (nSPS) is 13.8. The van der Waals surface area contributed by atoms with Crippen LogP contribution in [0.25, 0.3) is 0 Å². The maximum atomic E-state index is 13.6. The predicted molar refractivity (Wildman–Crippen MR) is 355 cm³/mol. The molecule has 0 aromatic heterocycles. The van der Waals surface area contributed by atoms with Crippen molar-refractivity contribution in [2.45, 2.75) is 360 Å². The molecule has 0 heterocycles. The number of nitrogens with zero attached hydrogens (tertiary/aromatic N) is 1. The summed E-state index contributed by atoms with van der Waals surface area (Å²) in [6.45, 7) is 7.03.